The lowest BCUT2D eigenvalue weighted by molar-refractivity contribution is -0.122. The highest BCUT2D eigenvalue weighted by atomic mass is 16.3. The summed E-state index contributed by atoms with van der Waals surface area (Å²) >= 11 is 0. The van der Waals surface area contributed by atoms with Gasteiger partial charge in [0.05, 0.1) is 12.3 Å². The minimum absolute atomic E-state index is 0.109. The minimum atomic E-state index is -0.278. The van der Waals surface area contributed by atoms with Crippen LogP contribution in [0.25, 0.3) is 0 Å². The van der Waals surface area contributed by atoms with E-state index in [4.69, 9.17) is 0 Å². The number of hydrogen-bond donors (Lipinski definition) is 2. The van der Waals surface area contributed by atoms with E-state index in [-0.39, 0.29) is 30.8 Å². The monoisotopic (exact) mass is 287 g/mol. The first-order valence-corrected chi connectivity index (χ1v) is 6.97. The first-order chi connectivity index (χ1) is 10.1. The van der Waals surface area contributed by atoms with Crippen LogP contribution in [0.4, 0.5) is 5.69 Å². The lowest BCUT2D eigenvalue weighted by atomic mass is 9.90. The van der Waals surface area contributed by atoms with Gasteiger partial charge in [-0.15, -0.1) is 0 Å². The maximum atomic E-state index is 11.7. The average Bonchev–Trinajstić information content (AvgIpc) is 2.50. The summed E-state index contributed by atoms with van der Waals surface area (Å²) in [5, 5.41) is 13.5. The largest absolute Gasteiger partial charge is 0.396 e. The summed E-state index contributed by atoms with van der Waals surface area (Å²) in [5.41, 5.74) is 6.04. The van der Waals surface area contributed by atoms with Crippen LogP contribution in [0.1, 0.15) is 24.0 Å². The number of nitrogens with one attached hydrogen (secondary N) is 1. The predicted octanol–water partition coefficient (Wildman–Crippen LogP) is 0.428. The second-order valence-electron chi connectivity index (χ2n) is 5.41. The second-order valence-corrected chi connectivity index (χ2v) is 5.41. The molecule has 3 rings (SSSR count). The first kappa shape index (κ1) is 13.8. The number of amides is 2. The molecule has 0 saturated heterocycles. The molecule has 2 aliphatic rings. The summed E-state index contributed by atoms with van der Waals surface area (Å²) in [6.07, 6.45) is 1.44. The lowest BCUT2D eigenvalue weighted by Crippen LogP contribution is -2.35. The van der Waals surface area contributed by atoms with Gasteiger partial charge in [-0.3, -0.25) is 9.59 Å². The maximum Gasteiger partial charge on any atom is 0.240 e. The van der Waals surface area contributed by atoms with Crippen LogP contribution in [-0.2, 0) is 16.0 Å². The molecule has 2 N–H and O–H groups in total. The molecule has 1 atom stereocenters. The molecule has 0 saturated carbocycles. The van der Waals surface area contributed by atoms with E-state index in [0.29, 0.717) is 18.6 Å². The van der Waals surface area contributed by atoms with Crippen LogP contribution in [-0.4, -0.2) is 36.3 Å². The third-order valence-electron chi connectivity index (χ3n) is 4.06. The normalized spacial score (nSPS) is 21.7. The van der Waals surface area contributed by atoms with Crippen LogP contribution in [0.3, 0.4) is 0 Å². The zero-order valence-electron chi connectivity index (χ0n) is 11.8. The zero-order chi connectivity index (χ0) is 15.0. The van der Waals surface area contributed by atoms with Crippen LogP contribution in [0.5, 0.6) is 0 Å². The molecule has 0 aliphatic carbocycles. The summed E-state index contributed by atoms with van der Waals surface area (Å²) in [4.78, 5) is 24.7. The molecule has 0 spiro atoms. The van der Waals surface area contributed by atoms with E-state index in [9.17, 15) is 14.7 Å². The molecule has 110 valence electrons. The molecule has 1 unspecified atom stereocenters. The minimum Gasteiger partial charge on any atom is -0.396 e. The zero-order valence-corrected chi connectivity index (χ0v) is 11.8. The van der Waals surface area contributed by atoms with Gasteiger partial charge in [0, 0.05) is 31.5 Å². The van der Waals surface area contributed by atoms with Crippen LogP contribution >= 0.6 is 0 Å². The molecule has 2 aliphatic heterocycles. The SMILES string of the molecule is CN1C(=O)CCc2cc(C3=NNC(=O)CC3CO)ccc21. The molecular weight excluding hydrogens is 270 g/mol. The van der Waals surface area contributed by atoms with Crippen molar-refractivity contribution >= 4 is 23.2 Å². The van der Waals surface area contributed by atoms with Gasteiger partial charge in [-0.2, -0.15) is 5.10 Å². The van der Waals surface area contributed by atoms with Crippen LogP contribution < -0.4 is 10.3 Å². The van der Waals surface area contributed by atoms with Gasteiger partial charge in [-0.25, -0.2) is 5.43 Å². The number of hydrogen-bond acceptors (Lipinski definition) is 4. The summed E-state index contributed by atoms with van der Waals surface area (Å²) in [5.74, 6) is -0.341. The molecule has 0 fully saturated rings. The standard InChI is InChI=1S/C15H17N3O3/c1-18-12-4-2-10(6-9(12)3-5-14(18)21)15-11(8-19)7-13(20)16-17-15/h2,4,6,11,19H,3,5,7-8H2,1H3,(H,16,20). The van der Waals surface area contributed by atoms with Gasteiger partial charge >= 0.3 is 0 Å². The Hall–Kier alpha value is -2.21. The number of carbonyl (C=O) groups is 2. The molecule has 1 aromatic rings. The van der Waals surface area contributed by atoms with Gasteiger partial charge < -0.3 is 10.0 Å². The van der Waals surface area contributed by atoms with Crippen LogP contribution in [0.2, 0.25) is 0 Å². The van der Waals surface area contributed by atoms with Gasteiger partial charge in [-0.05, 0) is 29.7 Å². The predicted molar refractivity (Wildman–Crippen MR) is 78.0 cm³/mol. The number of aliphatic hydroxyl groups excluding tert-OH is 1. The molecule has 21 heavy (non-hydrogen) atoms. The third kappa shape index (κ3) is 2.42. The highest BCUT2D eigenvalue weighted by Crippen LogP contribution is 2.29. The molecule has 6 heteroatoms. The number of anilines is 1. The molecule has 2 amide bonds. The number of hydrazone groups is 1. The first-order valence-electron chi connectivity index (χ1n) is 6.97. The Morgan fingerprint density at radius 1 is 1.38 bits per heavy atom. The number of carbonyl (C=O) groups excluding carboxylic acids is 2. The smallest absolute Gasteiger partial charge is 0.240 e. The Morgan fingerprint density at radius 3 is 2.95 bits per heavy atom. The molecule has 6 nitrogen and oxygen atoms in total. The van der Waals surface area contributed by atoms with Crippen molar-refractivity contribution in [2.75, 3.05) is 18.6 Å². The van der Waals surface area contributed by atoms with Gasteiger partial charge in [-0.1, -0.05) is 6.07 Å². The summed E-state index contributed by atoms with van der Waals surface area (Å²) in [7, 11) is 1.77. The average molecular weight is 287 g/mol. The van der Waals surface area contributed by atoms with Crippen LogP contribution in [0.15, 0.2) is 23.3 Å². The number of aliphatic hydroxyl groups is 1. The van der Waals surface area contributed by atoms with Crippen molar-refractivity contribution in [2.24, 2.45) is 11.0 Å². The van der Waals surface area contributed by atoms with Crippen molar-refractivity contribution in [3.05, 3.63) is 29.3 Å². The van der Waals surface area contributed by atoms with Gasteiger partial charge in [0.2, 0.25) is 11.8 Å². The number of fused-ring (bicyclic) bond motifs is 1. The van der Waals surface area contributed by atoms with Crippen molar-refractivity contribution in [2.45, 2.75) is 19.3 Å². The number of benzene rings is 1. The van der Waals surface area contributed by atoms with E-state index in [1.807, 2.05) is 18.2 Å². The second kappa shape index (κ2) is 5.29. The van der Waals surface area contributed by atoms with Crippen LogP contribution in [0, 0.1) is 5.92 Å². The van der Waals surface area contributed by atoms with Crippen molar-refractivity contribution in [3.8, 4) is 0 Å². The van der Waals surface area contributed by atoms with E-state index in [1.165, 1.54) is 0 Å². The topological polar surface area (TPSA) is 82.0 Å². The maximum absolute atomic E-state index is 11.7. The molecule has 1 aromatic carbocycles. The number of nitrogens with zero attached hydrogens (tertiary/aromatic N) is 2. The van der Waals surface area contributed by atoms with Gasteiger partial charge in [0.15, 0.2) is 0 Å². The fourth-order valence-corrected chi connectivity index (χ4v) is 2.85. The van der Waals surface area contributed by atoms with E-state index < -0.39 is 0 Å². The summed E-state index contributed by atoms with van der Waals surface area (Å²) in [6, 6.07) is 5.78. The van der Waals surface area contributed by atoms with Gasteiger partial charge in [0.1, 0.15) is 0 Å². The highest BCUT2D eigenvalue weighted by molar-refractivity contribution is 6.07. The Labute approximate surface area is 122 Å². The molecule has 0 aromatic heterocycles. The van der Waals surface area contributed by atoms with Gasteiger partial charge in [0.25, 0.3) is 0 Å². The van der Waals surface area contributed by atoms with E-state index in [0.717, 1.165) is 16.8 Å². The van der Waals surface area contributed by atoms with Crippen molar-refractivity contribution in [1.29, 1.82) is 0 Å². The molecule has 2 heterocycles. The number of aryl methyl sites for hydroxylation is 1. The molecular formula is C15H17N3O3. The Morgan fingerprint density at radius 2 is 2.19 bits per heavy atom. The van der Waals surface area contributed by atoms with E-state index in [1.54, 1.807) is 11.9 Å². The Kier molecular flexibility index (Phi) is 3.47. The molecule has 0 radical (unpaired) electrons. The fourth-order valence-electron chi connectivity index (χ4n) is 2.85. The van der Waals surface area contributed by atoms with Crippen molar-refractivity contribution in [3.63, 3.8) is 0 Å². The quantitative estimate of drug-likeness (QED) is 0.827. The highest BCUT2D eigenvalue weighted by Gasteiger charge is 2.27. The molecule has 0 bridgehead atoms. The fraction of sp³-hybridized carbons (Fsp3) is 0.400. The summed E-state index contributed by atoms with van der Waals surface area (Å²) < 4.78 is 0. The Bertz CT molecular complexity index is 639. The van der Waals surface area contributed by atoms with E-state index in [2.05, 4.69) is 10.5 Å². The van der Waals surface area contributed by atoms with Crippen molar-refractivity contribution in [1.82, 2.24) is 5.43 Å². The summed E-state index contributed by atoms with van der Waals surface area (Å²) in [6.45, 7) is -0.109. The van der Waals surface area contributed by atoms with E-state index >= 15 is 0 Å². The Balaban J connectivity index is 1.97. The third-order valence-corrected chi connectivity index (χ3v) is 4.06. The number of rotatable bonds is 2. The van der Waals surface area contributed by atoms with Crippen molar-refractivity contribution < 1.29 is 14.7 Å². The lowest BCUT2D eigenvalue weighted by Gasteiger charge is -2.27.